The monoisotopic (exact) mass is 432 g/mol. The fourth-order valence-corrected chi connectivity index (χ4v) is 3.78. The average Bonchev–Trinajstić information content (AvgIpc) is 3.02. The highest BCUT2D eigenvalue weighted by Crippen LogP contribution is 2.39. The summed E-state index contributed by atoms with van der Waals surface area (Å²) in [5.74, 6) is 0.554. The van der Waals surface area contributed by atoms with Crippen molar-refractivity contribution in [1.29, 1.82) is 0 Å². The number of aromatic nitrogens is 2. The van der Waals surface area contributed by atoms with Crippen molar-refractivity contribution >= 4 is 28.0 Å². The number of carbonyl (C=O) groups is 1. The molecule has 1 aromatic heterocycles. The van der Waals surface area contributed by atoms with Crippen LogP contribution in [0.15, 0.2) is 47.2 Å². The van der Waals surface area contributed by atoms with Crippen molar-refractivity contribution in [3.8, 4) is 0 Å². The zero-order valence-corrected chi connectivity index (χ0v) is 17.4. The van der Waals surface area contributed by atoms with E-state index in [1.807, 2.05) is 36.9 Å². The predicted octanol–water partition coefficient (Wildman–Crippen LogP) is 4.79. The summed E-state index contributed by atoms with van der Waals surface area (Å²) in [4.78, 5) is 23.4. The lowest BCUT2D eigenvalue weighted by atomic mass is 10.00. The number of nitrogens with zero attached hydrogens (tertiary/aromatic N) is 3. The molecule has 0 radical (unpaired) electrons. The SMILES string of the molecule is CC[C@@H]1C[C@H](Nc2ncc(Br)cn2)C(c2ccccc2)N1C(=O)OC(C)C. The Morgan fingerprint density at radius 3 is 2.56 bits per heavy atom. The minimum absolute atomic E-state index is 0.00163. The number of amides is 1. The summed E-state index contributed by atoms with van der Waals surface area (Å²) in [5, 5.41) is 3.43. The molecule has 1 aliphatic heterocycles. The first-order valence-corrected chi connectivity index (χ1v) is 10.1. The molecule has 6 nitrogen and oxygen atoms in total. The highest BCUT2D eigenvalue weighted by molar-refractivity contribution is 9.10. The van der Waals surface area contributed by atoms with E-state index in [0.29, 0.717) is 5.95 Å². The van der Waals surface area contributed by atoms with Gasteiger partial charge in [0.2, 0.25) is 5.95 Å². The van der Waals surface area contributed by atoms with E-state index < -0.39 is 0 Å². The molecule has 1 N–H and O–H groups in total. The molecule has 0 saturated carbocycles. The quantitative estimate of drug-likeness (QED) is 0.735. The first kappa shape index (κ1) is 19.6. The van der Waals surface area contributed by atoms with Gasteiger partial charge in [-0.3, -0.25) is 4.90 Å². The third-order valence-corrected chi connectivity index (χ3v) is 5.10. The lowest BCUT2D eigenvalue weighted by Gasteiger charge is -2.31. The predicted molar refractivity (Wildman–Crippen MR) is 108 cm³/mol. The van der Waals surface area contributed by atoms with Gasteiger partial charge in [-0.1, -0.05) is 37.3 Å². The molecule has 0 aliphatic carbocycles. The van der Waals surface area contributed by atoms with Gasteiger partial charge in [-0.2, -0.15) is 0 Å². The second-order valence-electron chi connectivity index (χ2n) is 6.97. The normalized spacial score (nSPS) is 22.1. The van der Waals surface area contributed by atoms with Gasteiger partial charge in [0.15, 0.2) is 0 Å². The summed E-state index contributed by atoms with van der Waals surface area (Å²) >= 11 is 3.36. The Kier molecular flexibility index (Phi) is 6.31. The molecule has 1 saturated heterocycles. The van der Waals surface area contributed by atoms with Crippen molar-refractivity contribution in [3.63, 3.8) is 0 Å². The highest BCUT2D eigenvalue weighted by atomic mass is 79.9. The lowest BCUT2D eigenvalue weighted by molar-refractivity contribution is 0.0598. The largest absolute Gasteiger partial charge is 0.447 e. The van der Waals surface area contributed by atoms with E-state index in [1.165, 1.54) is 0 Å². The lowest BCUT2D eigenvalue weighted by Crippen LogP contribution is -2.40. The van der Waals surface area contributed by atoms with Crippen molar-refractivity contribution in [3.05, 3.63) is 52.8 Å². The molecule has 3 atom stereocenters. The van der Waals surface area contributed by atoms with Gasteiger partial charge in [0, 0.05) is 18.4 Å². The standard InChI is InChI=1S/C20H25BrN4O2/c1-4-16-10-17(24-19-22-11-15(21)12-23-19)18(14-8-6-5-7-9-14)25(16)20(26)27-13(2)3/h5-9,11-13,16-18H,4,10H2,1-3H3,(H,22,23,24)/t16-,17+,18?/m1/s1. The molecule has 0 spiro atoms. The average molecular weight is 433 g/mol. The summed E-state index contributed by atoms with van der Waals surface area (Å²) in [7, 11) is 0. The number of ether oxygens (including phenoxy) is 1. The number of hydrogen-bond acceptors (Lipinski definition) is 5. The maximum atomic E-state index is 12.9. The van der Waals surface area contributed by atoms with Crippen LogP contribution >= 0.6 is 15.9 Å². The summed E-state index contributed by atoms with van der Waals surface area (Å²) in [6.45, 7) is 5.84. The molecule has 1 amide bonds. The van der Waals surface area contributed by atoms with Crippen molar-refractivity contribution in [2.75, 3.05) is 5.32 Å². The number of benzene rings is 1. The Balaban J connectivity index is 1.93. The Morgan fingerprint density at radius 1 is 1.30 bits per heavy atom. The van der Waals surface area contributed by atoms with Gasteiger partial charge >= 0.3 is 6.09 Å². The molecule has 1 fully saturated rings. The Labute approximate surface area is 168 Å². The van der Waals surface area contributed by atoms with E-state index in [2.05, 4.69) is 50.3 Å². The van der Waals surface area contributed by atoms with Crippen LogP contribution in [-0.4, -0.2) is 39.1 Å². The smallest absolute Gasteiger partial charge is 0.410 e. The number of rotatable bonds is 5. The van der Waals surface area contributed by atoms with Crippen LogP contribution in [0.25, 0.3) is 0 Å². The molecule has 2 heterocycles. The molecule has 1 aromatic carbocycles. The van der Waals surface area contributed by atoms with Gasteiger partial charge in [0.1, 0.15) is 0 Å². The van der Waals surface area contributed by atoms with Crippen molar-refractivity contribution in [1.82, 2.24) is 14.9 Å². The third-order valence-electron chi connectivity index (χ3n) is 4.69. The number of nitrogens with one attached hydrogen (secondary N) is 1. The Morgan fingerprint density at radius 2 is 1.96 bits per heavy atom. The first-order valence-electron chi connectivity index (χ1n) is 9.27. The van der Waals surface area contributed by atoms with Gasteiger partial charge in [-0.05, 0) is 48.2 Å². The van der Waals surface area contributed by atoms with Crippen LogP contribution in [0.5, 0.6) is 0 Å². The van der Waals surface area contributed by atoms with E-state index in [0.717, 1.165) is 22.9 Å². The number of anilines is 1. The maximum Gasteiger partial charge on any atom is 0.410 e. The second-order valence-corrected chi connectivity index (χ2v) is 7.88. The second kappa shape index (κ2) is 8.69. The molecule has 7 heteroatoms. The summed E-state index contributed by atoms with van der Waals surface area (Å²) in [5.41, 5.74) is 1.07. The van der Waals surface area contributed by atoms with Gasteiger partial charge < -0.3 is 10.1 Å². The van der Waals surface area contributed by atoms with E-state index in [9.17, 15) is 4.79 Å². The summed E-state index contributed by atoms with van der Waals surface area (Å²) in [6.07, 6.45) is 4.66. The topological polar surface area (TPSA) is 67.4 Å². The third kappa shape index (κ3) is 4.58. The van der Waals surface area contributed by atoms with Crippen molar-refractivity contribution in [2.45, 2.75) is 57.8 Å². The molecule has 144 valence electrons. The van der Waals surface area contributed by atoms with Crippen LogP contribution in [0, 0.1) is 0 Å². The van der Waals surface area contributed by atoms with Crippen LogP contribution in [0.3, 0.4) is 0 Å². The zero-order chi connectivity index (χ0) is 19.4. The summed E-state index contributed by atoms with van der Waals surface area (Å²) in [6, 6.07) is 10.0. The Hall–Kier alpha value is -2.15. The highest BCUT2D eigenvalue weighted by Gasteiger charge is 2.45. The molecule has 1 unspecified atom stereocenters. The fraction of sp³-hybridized carbons (Fsp3) is 0.450. The molecular formula is C20H25BrN4O2. The van der Waals surface area contributed by atoms with E-state index in [4.69, 9.17) is 4.74 Å². The molecule has 1 aliphatic rings. The van der Waals surface area contributed by atoms with Crippen LogP contribution in [0.4, 0.5) is 10.7 Å². The van der Waals surface area contributed by atoms with Gasteiger partial charge in [0.05, 0.1) is 22.7 Å². The van der Waals surface area contributed by atoms with Crippen LogP contribution in [0.1, 0.15) is 45.2 Å². The van der Waals surface area contributed by atoms with E-state index >= 15 is 0 Å². The van der Waals surface area contributed by atoms with E-state index in [1.54, 1.807) is 12.4 Å². The van der Waals surface area contributed by atoms with Gasteiger partial charge in [0.25, 0.3) is 0 Å². The molecule has 0 bridgehead atoms. The number of halogens is 1. The van der Waals surface area contributed by atoms with Crippen molar-refractivity contribution < 1.29 is 9.53 Å². The molecular weight excluding hydrogens is 408 g/mol. The summed E-state index contributed by atoms with van der Waals surface area (Å²) < 4.78 is 6.38. The molecule has 3 rings (SSSR count). The number of hydrogen-bond donors (Lipinski definition) is 1. The van der Waals surface area contributed by atoms with Gasteiger partial charge in [-0.15, -0.1) is 0 Å². The maximum absolute atomic E-state index is 12.9. The van der Waals surface area contributed by atoms with Crippen LogP contribution < -0.4 is 5.32 Å². The fourth-order valence-electron chi connectivity index (χ4n) is 3.58. The van der Waals surface area contributed by atoms with Gasteiger partial charge in [-0.25, -0.2) is 14.8 Å². The minimum atomic E-state index is -0.272. The molecule has 27 heavy (non-hydrogen) atoms. The number of likely N-dealkylation sites (tertiary alicyclic amines) is 1. The minimum Gasteiger partial charge on any atom is -0.447 e. The van der Waals surface area contributed by atoms with Crippen LogP contribution in [-0.2, 0) is 4.74 Å². The first-order chi connectivity index (χ1) is 13.0. The molecule has 2 aromatic rings. The van der Waals surface area contributed by atoms with E-state index in [-0.39, 0.29) is 30.3 Å². The Bertz CT molecular complexity index is 754. The van der Waals surface area contributed by atoms with Crippen LogP contribution in [0.2, 0.25) is 0 Å². The van der Waals surface area contributed by atoms with Crippen molar-refractivity contribution in [2.24, 2.45) is 0 Å². The number of carbonyl (C=O) groups excluding carboxylic acids is 1. The zero-order valence-electron chi connectivity index (χ0n) is 15.8.